The molecule has 1 aliphatic heterocycles. The summed E-state index contributed by atoms with van der Waals surface area (Å²) in [4.78, 5) is 14.1. The van der Waals surface area contributed by atoms with Crippen LogP contribution in [0.5, 0.6) is 0 Å². The number of aliphatic hydroxyl groups is 2. The highest BCUT2D eigenvalue weighted by Crippen LogP contribution is 2.52. The van der Waals surface area contributed by atoms with Crippen LogP contribution in [0.1, 0.15) is 58.1 Å². The number of hydrogen-bond acceptors (Lipinski definition) is 7. The third-order valence-electron chi connectivity index (χ3n) is 8.04. The Balaban J connectivity index is 1.76. The van der Waals surface area contributed by atoms with E-state index in [9.17, 15) is 15.2 Å². The first-order chi connectivity index (χ1) is 21.5. The second kappa shape index (κ2) is 13.9. The molecule has 46 heavy (non-hydrogen) atoms. The molecule has 2 heterocycles. The van der Waals surface area contributed by atoms with Crippen molar-refractivity contribution in [3.05, 3.63) is 81.5 Å². The molecule has 1 aromatic heterocycles. The third kappa shape index (κ3) is 7.71. The number of rotatable bonds is 11. The van der Waals surface area contributed by atoms with Crippen LogP contribution in [0.2, 0.25) is 10.0 Å². The number of anilines is 1. The van der Waals surface area contributed by atoms with Crippen molar-refractivity contribution >= 4 is 34.9 Å². The number of aromatic nitrogens is 2. The Morgan fingerprint density at radius 3 is 2.57 bits per heavy atom. The Morgan fingerprint density at radius 1 is 1.22 bits per heavy atom. The number of amides is 1. The Morgan fingerprint density at radius 2 is 1.93 bits per heavy atom. The summed E-state index contributed by atoms with van der Waals surface area (Å²) in [6.45, 7) is 9.19. The van der Waals surface area contributed by atoms with Crippen LogP contribution in [-0.2, 0) is 21.5 Å². The molecule has 0 spiro atoms. The van der Waals surface area contributed by atoms with Crippen LogP contribution >= 0.6 is 23.2 Å². The molecule has 248 valence electrons. The molecule has 0 aliphatic carbocycles. The SMILES string of the molecule is CC(C)(C)CC1NC(C(=O)Nc2ccn(CC(C)(C)OCC(O)CO)n2)C(c2cccc(Cl)c2F)C1(C#N)c1ccc(Cl)cc1F. The molecule has 0 saturated carbocycles. The molecule has 0 bridgehead atoms. The van der Waals surface area contributed by atoms with Crippen molar-refractivity contribution in [2.45, 2.75) is 82.7 Å². The summed E-state index contributed by atoms with van der Waals surface area (Å²) in [7, 11) is 0. The third-order valence-corrected chi connectivity index (χ3v) is 8.57. The van der Waals surface area contributed by atoms with Gasteiger partial charge in [-0.05, 0) is 49.4 Å². The maximum atomic E-state index is 15.9. The lowest BCUT2D eigenvalue weighted by Gasteiger charge is -2.37. The summed E-state index contributed by atoms with van der Waals surface area (Å²) in [5, 5.41) is 40.1. The first-order valence-electron chi connectivity index (χ1n) is 14.9. The Labute approximate surface area is 277 Å². The van der Waals surface area contributed by atoms with Gasteiger partial charge in [0.1, 0.15) is 23.2 Å². The van der Waals surface area contributed by atoms with Gasteiger partial charge in [-0.15, -0.1) is 0 Å². The highest BCUT2D eigenvalue weighted by molar-refractivity contribution is 6.31. The van der Waals surface area contributed by atoms with Crippen LogP contribution < -0.4 is 10.6 Å². The molecule has 5 atom stereocenters. The van der Waals surface area contributed by atoms with Gasteiger partial charge < -0.3 is 25.6 Å². The number of nitriles is 1. The molecule has 1 fully saturated rings. The van der Waals surface area contributed by atoms with E-state index in [1.807, 2.05) is 20.8 Å². The van der Waals surface area contributed by atoms with Gasteiger partial charge in [0.05, 0.1) is 42.5 Å². The fourth-order valence-electron chi connectivity index (χ4n) is 6.09. The van der Waals surface area contributed by atoms with E-state index < -0.39 is 59.3 Å². The van der Waals surface area contributed by atoms with E-state index in [-0.39, 0.29) is 45.6 Å². The van der Waals surface area contributed by atoms with Gasteiger partial charge in [-0.3, -0.25) is 9.48 Å². The number of aliphatic hydroxyl groups excluding tert-OH is 2. The molecule has 1 amide bonds. The van der Waals surface area contributed by atoms with Crippen LogP contribution in [0.15, 0.2) is 48.7 Å². The molecule has 1 saturated heterocycles. The summed E-state index contributed by atoms with van der Waals surface area (Å²) in [6.07, 6.45) is 0.941. The number of benzene rings is 2. The monoisotopic (exact) mass is 677 g/mol. The van der Waals surface area contributed by atoms with Crippen molar-refractivity contribution in [1.82, 2.24) is 15.1 Å². The van der Waals surface area contributed by atoms with Crippen molar-refractivity contribution in [3.63, 3.8) is 0 Å². The number of nitrogens with one attached hydrogen (secondary N) is 2. The van der Waals surface area contributed by atoms with E-state index in [1.54, 1.807) is 30.8 Å². The molecule has 2 aromatic carbocycles. The Kier molecular flexibility index (Phi) is 10.8. The molecule has 4 N–H and O–H groups in total. The van der Waals surface area contributed by atoms with Crippen LogP contribution in [-0.4, -0.2) is 62.9 Å². The number of hydrogen-bond donors (Lipinski definition) is 4. The lowest BCUT2D eigenvalue weighted by atomic mass is 9.62. The fourth-order valence-corrected chi connectivity index (χ4v) is 6.43. The van der Waals surface area contributed by atoms with Gasteiger partial charge >= 0.3 is 0 Å². The van der Waals surface area contributed by atoms with Gasteiger partial charge in [0, 0.05) is 34.8 Å². The van der Waals surface area contributed by atoms with E-state index in [4.69, 9.17) is 33.0 Å². The summed E-state index contributed by atoms with van der Waals surface area (Å²) >= 11 is 12.3. The van der Waals surface area contributed by atoms with Crippen molar-refractivity contribution in [3.8, 4) is 6.07 Å². The predicted molar refractivity (Wildman–Crippen MR) is 172 cm³/mol. The quantitative estimate of drug-likeness (QED) is 0.208. The zero-order valence-corrected chi connectivity index (χ0v) is 27.8. The molecule has 5 unspecified atom stereocenters. The number of carbonyl (C=O) groups is 1. The molecule has 4 rings (SSSR count). The van der Waals surface area contributed by atoms with Gasteiger partial charge in [-0.2, -0.15) is 10.4 Å². The summed E-state index contributed by atoms with van der Waals surface area (Å²) in [6, 6.07) is 10.2. The van der Waals surface area contributed by atoms with Gasteiger partial charge in [0.25, 0.3) is 0 Å². The summed E-state index contributed by atoms with van der Waals surface area (Å²) in [5.74, 6) is -3.20. The number of halogens is 4. The second-order valence-electron chi connectivity index (χ2n) is 13.5. The van der Waals surface area contributed by atoms with Gasteiger partial charge in [0.2, 0.25) is 5.91 Å². The summed E-state index contributed by atoms with van der Waals surface area (Å²) in [5.41, 5.74) is -2.94. The Bertz CT molecular complexity index is 1610. The normalized spacial score (nSPS) is 22.4. The van der Waals surface area contributed by atoms with Crippen LogP contribution in [0.3, 0.4) is 0 Å². The van der Waals surface area contributed by atoms with Crippen molar-refractivity contribution in [2.75, 3.05) is 18.5 Å². The van der Waals surface area contributed by atoms with Crippen molar-refractivity contribution < 1.29 is 28.5 Å². The number of carbonyl (C=O) groups excluding carboxylic acids is 1. The van der Waals surface area contributed by atoms with Gasteiger partial charge in [0.15, 0.2) is 5.82 Å². The van der Waals surface area contributed by atoms with E-state index >= 15 is 8.78 Å². The van der Waals surface area contributed by atoms with Crippen LogP contribution in [0.25, 0.3) is 0 Å². The average molecular weight is 679 g/mol. The molecular weight excluding hydrogens is 639 g/mol. The second-order valence-corrected chi connectivity index (χ2v) is 14.3. The number of ether oxygens (including phenoxy) is 1. The first kappa shape index (κ1) is 35.7. The molecule has 13 heteroatoms. The minimum atomic E-state index is -1.75. The molecular formula is C33H39Cl2F2N5O4. The zero-order chi connectivity index (χ0) is 34.0. The topological polar surface area (TPSA) is 132 Å². The van der Waals surface area contributed by atoms with E-state index in [0.29, 0.717) is 6.42 Å². The molecule has 1 aliphatic rings. The van der Waals surface area contributed by atoms with E-state index in [2.05, 4.69) is 21.8 Å². The lowest BCUT2D eigenvalue weighted by Crippen LogP contribution is -2.45. The Hall–Kier alpha value is -3.11. The van der Waals surface area contributed by atoms with Crippen molar-refractivity contribution in [2.24, 2.45) is 5.41 Å². The molecule has 0 radical (unpaired) electrons. The minimum absolute atomic E-state index is 0.0121. The number of nitrogens with zero attached hydrogens (tertiary/aromatic N) is 3. The highest BCUT2D eigenvalue weighted by atomic mass is 35.5. The summed E-state index contributed by atoms with van der Waals surface area (Å²) < 4.78 is 38.9. The van der Waals surface area contributed by atoms with Crippen LogP contribution in [0.4, 0.5) is 14.6 Å². The van der Waals surface area contributed by atoms with Gasteiger partial charge in [-0.25, -0.2) is 8.78 Å². The lowest BCUT2D eigenvalue weighted by molar-refractivity contribution is -0.118. The highest BCUT2D eigenvalue weighted by Gasteiger charge is 2.61. The molecule has 9 nitrogen and oxygen atoms in total. The minimum Gasteiger partial charge on any atom is -0.394 e. The van der Waals surface area contributed by atoms with E-state index in [1.165, 1.54) is 30.3 Å². The maximum Gasteiger partial charge on any atom is 0.243 e. The van der Waals surface area contributed by atoms with E-state index in [0.717, 1.165) is 6.07 Å². The largest absolute Gasteiger partial charge is 0.394 e. The first-order valence-corrected chi connectivity index (χ1v) is 15.6. The molecule has 3 aromatic rings. The smallest absolute Gasteiger partial charge is 0.243 e. The predicted octanol–water partition coefficient (Wildman–Crippen LogP) is 5.58. The van der Waals surface area contributed by atoms with Crippen molar-refractivity contribution in [1.29, 1.82) is 5.26 Å². The average Bonchev–Trinajstić information content (AvgIpc) is 3.53. The van der Waals surface area contributed by atoms with Gasteiger partial charge in [-0.1, -0.05) is 62.2 Å². The zero-order valence-electron chi connectivity index (χ0n) is 26.3. The fraction of sp³-hybridized carbons (Fsp3) is 0.485. The maximum absolute atomic E-state index is 15.9. The van der Waals surface area contributed by atoms with Crippen LogP contribution in [0, 0.1) is 28.4 Å². The standard InChI is InChI=1S/C33H39Cl2F2N5O4/c1-31(2,3)14-25-33(17-38,22-10-9-19(34)13-24(22)36)27(21-7-6-8-23(35)28(21)37)29(39-25)30(45)40-26-11-12-42(41-26)18-32(4,5)46-16-20(44)15-43/h6-13,20,25,27,29,39,43-44H,14-16,18H2,1-5H3,(H,40,41,45).